The molecule has 3 N–H and O–H groups in total. The van der Waals surface area contributed by atoms with Crippen molar-refractivity contribution in [2.75, 3.05) is 19.6 Å². The maximum atomic E-state index is 11.8. The van der Waals surface area contributed by atoms with Crippen LogP contribution in [-0.4, -0.2) is 42.4 Å². The molecule has 1 aromatic carbocycles. The van der Waals surface area contributed by atoms with Crippen LogP contribution >= 0.6 is 12.4 Å². The second kappa shape index (κ2) is 7.11. The third-order valence-electron chi connectivity index (χ3n) is 3.01. The molecule has 5 nitrogen and oxygen atoms in total. The Morgan fingerprint density at radius 3 is 2.58 bits per heavy atom. The van der Waals surface area contributed by atoms with Crippen molar-refractivity contribution in [2.45, 2.75) is 12.5 Å². The Bertz CT molecular complexity index is 439. The predicted molar refractivity (Wildman–Crippen MR) is 75.2 cm³/mol. The van der Waals surface area contributed by atoms with E-state index in [1.807, 2.05) is 6.07 Å². The molecule has 0 saturated carbocycles. The number of rotatable bonds is 3. The van der Waals surface area contributed by atoms with Crippen LogP contribution in [0.25, 0.3) is 0 Å². The molecular weight excluding hydrogens is 266 g/mol. The topological polar surface area (TPSA) is 75.4 Å². The number of nitrogens with zero attached hydrogens (tertiary/aromatic N) is 1. The minimum Gasteiger partial charge on any atom is -0.343 e. The fourth-order valence-corrected chi connectivity index (χ4v) is 1.97. The van der Waals surface area contributed by atoms with Crippen LogP contribution in [0.5, 0.6) is 0 Å². The normalized spacial score (nSPS) is 17.7. The summed E-state index contributed by atoms with van der Waals surface area (Å²) < 4.78 is 0. The van der Waals surface area contributed by atoms with Gasteiger partial charge in [0, 0.05) is 24.7 Å². The van der Waals surface area contributed by atoms with E-state index in [1.165, 1.54) is 0 Å². The third-order valence-corrected chi connectivity index (χ3v) is 3.01. The molecule has 2 amide bonds. The zero-order valence-electron chi connectivity index (χ0n) is 10.5. The lowest BCUT2D eigenvalue weighted by atomic mass is 10.2. The lowest BCUT2D eigenvalue weighted by Crippen LogP contribution is -2.40. The Labute approximate surface area is 118 Å². The third kappa shape index (κ3) is 4.22. The Hall–Kier alpha value is -1.59. The molecule has 2 rings (SSSR count). The van der Waals surface area contributed by atoms with Gasteiger partial charge >= 0.3 is 0 Å². The molecule has 1 aliphatic heterocycles. The second-order valence-corrected chi connectivity index (χ2v) is 4.44. The number of amides is 2. The van der Waals surface area contributed by atoms with Crippen LogP contribution in [0.1, 0.15) is 16.8 Å². The van der Waals surface area contributed by atoms with Crippen molar-refractivity contribution in [2.24, 2.45) is 5.73 Å². The number of halogens is 1. The van der Waals surface area contributed by atoms with Gasteiger partial charge < -0.3 is 16.0 Å². The second-order valence-electron chi connectivity index (χ2n) is 4.44. The van der Waals surface area contributed by atoms with Gasteiger partial charge in [0.25, 0.3) is 5.91 Å². The number of hydrogen-bond donors (Lipinski definition) is 2. The summed E-state index contributed by atoms with van der Waals surface area (Å²) in [5.74, 6) is -0.306. The summed E-state index contributed by atoms with van der Waals surface area (Å²) in [5, 5.41) is 2.62. The Kier molecular flexibility index (Phi) is 5.79. The van der Waals surface area contributed by atoms with E-state index in [9.17, 15) is 9.59 Å². The molecule has 1 saturated heterocycles. The van der Waals surface area contributed by atoms with Crippen LogP contribution in [0.2, 0.25) is 0 Å². The van der Waals surface area contributed by atoms with Gasteiger partial charge in [0.1, 0.15) is 0 Å². The molecule has 6 heteroatoms. The van der Waals surface area contributed by atoms with Crippen molar-refractivity contribution in [3.05, 3.63) is 35.9 Å². The number of hydrogen-bond acceptors (Lipinski definition) is 3. The van der Waals surface area contributed by atoms with Crippen LogP contribution < -0.4 is 11.1 Å². The van der Waals surface area contributed by atoms with Gasteiger partial charge in [-0.05, 0) is 18.6 Å². The molecule has 0 aliphatic carbocycles. The van der Waals surface area contributed by atoms with Gasteiger partial charge in [-0.15, -0.1) is 12.4 Å². The standard InChI is InChI=1S/C13H17N3O2.ClH/c14-11-6-7-16(9-11)12(17)8-15-13(18)10-4-2-1-3-5-10;/h1-5,11H,6-9,14H2,(H,15,18);1H/t11-;/m1./s1. The van der Waals surface area contributed by atoms with Crippen LogP contribution in [-0.2, 0) is 4.79 Å². The number of nitrogens with one attached hydrogen (secondary N) is 1. The molecule has 0 spiro atoms. The zero-order chi connectivity index (χ0) is 13.0. The van der Waals surface area contributed by atoms with Crippen LogP contribution in [0.4, 0.5) is 0 Å². The van der Waals surface area contributed by atoms with Crippen molar-refractivity contribution in [1.82, 2.24) is 10.2 Å². The van der Waals surface area contributed by atoms with Gasteiger partial charge in [-0.3, -0.25) is 9.59 Å². The molecule has 1 fully saturated rings. The van der Waals surface area contributed by atoms with Crippen molar-refractivity contribution in [3.8, 4) is 0 Å². The van der Waals surface area contributed by atoms with Crippen LogP contribution in [0, 0.1) is 0 Å². The quantitative estimate of drug-likeness (QED) is 0.843. The molecule has 1 aliphatic rings. The molecule has 0 radical (unpaired) electrons. The van der Waals surface area contributed by atoms with Crippen LogP contribution in [0.15, 0.2) is 30.3 Å². The first-order valence-electron chi connectivity index (χ1n) is 6.03. The zero-order valence-corrected chi connectivity index (χ0v) is 11.4. The fourth-order valence-electron chi connectivity index (χ4n) is 1.97. The number of benzene rings is 1. The molecule has 0 unspecified atom stereocenters. The molecular formula is C13H18ClN3O2. The molecule has 1 heterocycles. The molecule has 1 aromatic rings. The summed E-state index contributed by atoms with van der Waals surface area (Å²) in [7, 11) is 0. The number of carbonyl (C=O) groups excluding carboxylic acids is 2. The van der Waals surface area contributed by atoms with Gasteiger partial charge in [0.2, 0.25) is 5.91 Å². The smallest absolute Gasteiger partial charge is 0.251 e. The Balaban J connectivity index is 0.00000180. The lowest BCUT2D eigenvalue weighted by Gasteiger charge is -2.15. The van der Waals surface area contributed by atoms with E-state index in [1.54, 1.807) is 29.2 Å². The lowest BCUT2D eigenvalue weighted by molar-refractivity contribution is -0.129. The van der Waals surface area contributed by atoms with Crippen LogP contribution in [0.3, 0.4) is 0 Å². The first kappa shape index (κ1) is 15.5. The number of likely N-dealkylation sites (tertiary alicyclic amines) is 1. The van der Waals surface area contributed by atoms with E-state index >= 15 is 0 Å². The van der Waals surface area contributed by atoms with E-state index in [0.29, 0.717) is 18.7 Å². The van der Waals surface area contributed by atoms with Gasteiger partial charge in [-0.25, -0.2) is 0 Å². The summed E-state index contributed by atoms with van der Waals surface area (Å²) in [5.41, 5.74) is 6.29. The average Bonchev–Trinajstić information content (AvgIpc) is 2.83. The largest absolute Gasteiger partial charge is 0.343 e. The predicted octanol–water partition coefficient (Wildman–Crippen LogP) is 0.398. The SMILES string of the molecule is Cl.N[C@@H]1CCN(C(=O)CNC(=O)c2ccccc2)C1. The summed E-state index contributed by atoms with van der Waals surface area (Å²) in [4.78, 5) is 25.2. The minimum atomic E-state index is -0.229. The van der Waals surface area contributed by atoms with Gasteiger partial charge in [-0.1, -0.05) is 18.2 Å². The van der Waals surface area contributed by atoms with Crippen molar-refractivity contribution in [3.63, 3.8) is 0 Å². The fraction of sp³-hybridized carbons (Fsp3) is 0.385. The highest BCUT2D eigenvalue weighted by molar-refractivity contribution is 5.96. The Morgan fingerprint density at radius 1 is 1.32 bits per heavy atom. The summed E-state index contributed by atoms with van der Waals surface area (Å²) >= 11 is 0. The van der Waals surface area contributed by atoms with Crippen molar-refractivity contribution in [1.29, 1.82) is 0 Å². The number of nitrogens with two attached hydrogens (primary N) is 1. The first-order chi connectivity index (χ1) is 8.66. The summed E-state index contributed by atoms with van der Waals surface area (Å²) in [6.45, 7) is 1.29. The van der Waals surface area contributed by atoms with E-state index in [0.717, 1.165) is 6.42 Å². The molecule has 0 bridgehead atoms. The average molecular weight is 284 g/mol. The molecule has 0 aromatic heterocycles. The van der Waals surface area contributed by atoms with E-state index in [2.05, 4.69) is 5.32 Å². The van der Waals surface area contributed by atoms with E-state index in [4.69, 9.17) is 5.73 Å². The first-order valence-corrected chi connectivity index (χ1v) is 6.03. The Morgan fingerprint density at radius 2 is 2.00 bits per heavy atom. The summed E-state index contributed by atoms with van der Waals surface area (Å²) in [6.07, 6.45) is 0.832. The van der Waals surface area contributed by atoms with E-state index in [-0.39, 0.29) is 36.8 Å². The van der Waals surface area contributed by atoms with Crippen molar-refractivity contribution < 1.29 is 9.59 Å². The van der Waals surface area contributed by atoms with Gasteiger partial charge in [0.15, 0.2) is 0 Å². The van der Waals surface area contributed by atoms with Crippen molar-refractivity contribution >= 4 is 24.2 Å². The number of carbonyl (C=O) groups is 2. The van der Waals surface area contributed by atoms with Gasteiger partial charge in [0.05, 0.1) is 6.54 Å². The highest BCUT2D eigenvalue weighted by Gasteiger charge is 2.23. The van der Waals surface area contributed by atoms with E-state index < -0.39 is 0 Å². The molecule has 19 heavy (non-hydrogen) atoms. The minimum absolute atomic E-state index is 0. The molecule has 1 atom stereocenters. The highest BCUT2D eigenvalue weighted by atomic mass is 35.5. The maximum Gasteiger partial charge on any atom is 0.251 e. The summed E-state index contributed by atoms with van der Waals surface area (Å²) in [6, 6.07) is 8.91. The molecule has 104 valence electrons. The monoisotopic (exact) mass is 283 g/mol. The highest BCUT2D eigenvalue weighted by Crippen LogP contribution is 2.06. The van der Waals surface area contributed by atoms with Gasteiger partial charge in [-0.2, -0.15) is 0 Å². The maximum absolute atomic E-state index is 11.8.